The maximum absolute atomic E-state index is 13.9. The normalized spacial score (nSPS) is 15.9. The topological polar surface area (TPSA) is 103 Å². The highest BCUT2D eigenvalue weighted by Gasteiger charge is 2.31. The molecule has 232 valence electrons. The smallest absolute Gasteiger partial charge is 0.287 e. The van der Waals surface area contributed by atoms with Gasteiger partial charge < -0.3 is 24.4 Å². The third kappa shape index (κ3) is 6.86. The molecule has 0 bridgehead atoms. The van der Waals surface area contributed by atoms with Crippen LogP contribution in [0.1, 0.15) is 34.5 Å². The highest BCUT2D eigenvalue weighted by atomic mass is 35.5. The maximum atomic E-state index is 13.9. The van der Waals surface area contributed by atoms with E-state index in [0.717, 1.165) is 48.0 Å². The SMILES string of the molecule is O=C(N[C@H](Cc1ccc(Cl)cc1)C(=O)N1CCN(c2ccccc2CN2CCCC2=O)CC1)c1cc(=O)c2cc(F)ccc2o1. The second-order valence-electron chi connectivity index (χ2n) is 11.3. The lowest BCUT2D eigenvalue weighted by molar-refractivity contribution is -0.133. The second kappa shape index (κ2) is 13.1. The number of rotatable bonds is 8. The first-order valence-electron chi connectivity index (χ1n) is 14.9. The number of carbonyl (C=O) groups is 3. The van der Waals surface area contributed by atoms with Crippen LogP contribution in [0.15, 0.2) is 82.0 Å². The Balaban J connectivity index is 1.18. The van der Waals surface area contributed by atoms with E-state index >= 15 is 0 Å². The van der Waals surface area contributed by atoms with E-state index < -0.39 is 23.2 Å². The number of likely N-dealkylation sites (tertiary alicyclic amines) is 1. The Bertz CT molecular complexity index is 1800. The van der Waals surface area contributed by atoms with Crippen LogP contribution in [0.5, 0.6) is 0 Å². The van der Waals surface area contributed by atoms with Crippen molar-refractivity contribution in [2.24, 2.45) is 0 Å². The van der Waals surface area contributed by atoms with E-state index in [-0.39, 0.29) is 35.0 Å². The van der Waals surface area contributed by atoms with Crippen molar-refractivity contribution in [2.45, 2.75) is 31.8 Å². The summed E-state index contributed by atoms with van der Waals surface area (Å²) in [6.45, 7) is 3.34. The van der Waals surface area contributed by atoms with E-state index in [1.54, 1.807) is 29.2 Å². The summed E-state index contributed by atoms with van der Waals surface area (Å²) in [5.41, 5.74) is 2.41. The van der Waals surface area contributed by atoms with Gasteiger partial charge in [0.05, 0.1) is 5.39 Å². The first-order chi connectivity index (χ1) is 21.7. The molecule has 0 saturated carbocycles. The molecule has 0 radical (unpaired) electrons. The lowest BCUT2D eigenvalue weighted by Gasteiger charge is -2.38. The number of halogens is 2. The van der Waals surface area contributed by atoms with Crippen LogP contribution in [0.2, 0.25) is 5.02 Å². The van der Waals surface area contributed by atoms with Gasteiger partial charge in [-0.1, -0.05) is 41.9 Å². The molecule has 0 spiro atoms. The van der Waals surface area contributed by atoms with E-state index in [4.69, 9.17) is 16.0 Å². The molecule has 1 aromatic heterocycles. The number of nitrogens with one attached hydrogen (secondary N) is 1. The second-order valence-corrected chi connectivity index (χ2v) is 11.8. The molecule has 3 amide bonds. The molecule has 9 nitrogen and oxygen atoms in total. The van der Waals surface area contributed by atoms with Gasteiger partial charge in [0.25, 0.3) is 5.91 Å². The Labute approximate surface area is 264 Å². The van der Waals surface area contributed by atoms with Crippen LogP contribution in [0.25, 0.3) is 11.0 Å². The zero-order valence-corrected chi connectivity index (χ0v) is 25.3. The number of hydrogen-bond acceptors (Lipinski definition) is 6. The summed E-state index contributed by atoms with van der Waals surface area (Å²) in [6, 6.07) is 18.6. The van der Waals surface area contributed by atoms with Crippen molar-refractivity contribution in [3.8, 4) is 0 Å². The highest BCUT2D eigenvalue weighted by molar-refractivity contribution is 6.30. The molecule has 6 rings (SSSR count). The van der Waals surface area contributed by atoms with E-state index in [9.17, 15) is 23.6 Å². The quantitative estimate of drug-likeness (QED) is 0.310. The van der Waals surface area contributed by atoms with Crippen molar-refractivity contribution in [3.63, 3.8) is 0 Å². The zero-order chi connectivity index (χ0) is 31.5. The van der Waals surface area contributed by atoms with Crippen LogP contribution < -0.4 is 15.6 Å². The number of nitrogens with zero attached hydrogens (tertiary/aromatic N) is 3. The number of benzene rings is 3. The summed E-state index contributed by atoms with van der Waals surface area (Å²) < 4.78 is 19.3. The summed E-state index contributed by atoms with van der Waals surface area (Å²) in [7, 11) is 0. The molecular formula is C34H32ClFN4O5. The minimum atomic E-state index is -0.951. The van der Waals surface area contributed by atoms with Crippen molar-refractivity contribution in [3.05, 3.63) is 111 Å². The largest absolute Gasteiger partial charge is 0.451 e. The number of hydrogen-bond donors (Lipinski definition) is 1. The average molecular weight is 631 g/mol. The lowest BCUT2D eigenvalue weighted by atomic mass is 10.0. The molecule has 0 unspecified atom stereocenters. The van der Waals surface area contributed by atoms with Crippen molar-refractivity contribution >= 4 is 46.0 Å². The summed E-state index contributed by atoms with van der Waals surface area (Å²) in [6.07, 6.45) is 1.66. The zero-order valence-electron chi connectivity index (χ0n) is 24.5. The Kier molecular flexibility index (Phi) is 8.84. The van der Waals surface area contributed by atoms with Crippen LogP contribution in [0, 0.1) is 5.82 Å². The fourth-order valence-electron chi connectivity index (χ4n) is 5.94. The van der Waals surface area contributed by atoms with E-state index in [2.05, 4.69) is 10.2 Å². The fraction of sp³-hybridized carbons (Fsp3) is 0.294. The third-order valence-corrected chi connectivity index (χ3v) is 8.58. The molecule has 45 heavy (non-hydrogen) atoms. The number of amides is 3. The monoisotopic (exact) mass is 630 g/mol. The van der Waals surface area contributed by atoms with Gasteiger partial charge in [0.1, 0.15) is 17.4 Å². The number of fused-ring (bicyclic) bond motifs is 1. The number of para-hydroxylation sites is 1. The van der Waals surface area contributed by atoms with Gasteiger partial charge in [0.2, 0.25) is 11.8 Å². The van der Waals surface area contributed by atoms with Gasteiger partial charge in [0.15, 0.2) is 11.2 Å². The van der Waals surface area contributed by atoms with Gasteiger partial charge in [-0.2, -0.15) is 0 Å². The third-order valence-electron chi connectivity index (χ3n) is 8.33. The molecule has 4 aromatic rings. The fourth-order valence-corrected chi connectivity index (χ4v) is 6.07. The Morgan fingerprint density at radius 2 is 1.69 bits per heavy atom. The lowest BCUT2D eigenvalue weighted by Crippen LogP contribution is -2.55. The van der Waals surface area contributed by atoms with Gasteiger partial charge >= 0.3 is 0 Å². The molecule has 3 aromatic carbocycles. The first kappa shape index (κ1) is 30.3. The Hall–Kier alpha value is -4.70. The number of carbonyl (C=O) groups excluding carboxylic acids is 3. The standard InChI is InChI=1S/C34H32ClFN4O5/c35-24-9-7-22(8-10-24)18-27(37-33(43)31-20-29(41)26-19-25(36)11-12-30(26)45-31)34(44)39-16-14-38(15-17-39)28-5-2-1-4-23(28)21-40-13-3-6-32(40)42/h1-2,4-5,7-12,19-20,27H,3,6,13-18,21H2,(H,37,43)/t27-/m1/s1. The molecule has 0 aliphatic carbocycles. The van der Waals surface area contributed by atoms with Gasteiger partial charge in [-0.05, 0) is 53.9 Å². The van der Waals surface area contributed by atoms with E-state index in [1.165, 1.54) is 6.07 Å². The predicted molar refractivity (Wildman–Crippen MR) is 169 cm³/mol. The average Bonchev–Trinajstić information content (AvgIpc) is 3.45. The Morgan fingerprint density at radius 1 is 0.933 bits per heavy atom. The first-order valence-corrected chi connectivity index (χ1v) is 15.3. The van der Waals surface area contributed by atoms with Crippen molar-refractivity contribution in [2.75, 3.05) is 37.6 Å². The molecule has 3 heterocycles. The number of piperazine rings is 1. The number of anilines is 1. The molecule has 1 N–H and O–H groups in total. The summed E-state index contributed by atoms with van der Waals surface area (Å²) in [5, 5.41) is 3.34. The molecule has 11 heteroatoms. The molecule has 2 aliphatic rings. The molecule has 1 atom stereocenters. The van der Waals surface area contributed by atoms with Gasteiger partial charge in [-0.25, -0.2) is 4.39 Å². The summed E-state index contributed by atoms with van der Waals surface area (Å²) >= 11 is 6.06. The van der Waals surface area contributed by atoms with Crippen LogP contribution in [0.3, 0.4) is 0 Å². The van der Waals surface area contributed by atoms with E-state index in [1.807, 2.05) is 29.2 Å². The molecular weight excluding hydrogens is 599 g/mol. The van der Waals surface area contributed by atoms with Crippen molar-refractivity contribution in [1.82, 2.24) is 15.1 Å². The minimum Gasteiger partial charge on any atom is -0.451 e. The van der Waals surface area contributed by atoms with Gasteiger partial charge in [-0.15, -0.1) is 0 Å². The van der Waals surface area contributed by atoms with Crippen molar-refractivity contribution in [1.29, 1.82) is 0 Å². The summed E-state index contributed by atoms with van der Waals surface area (Å²) in [4.78, 5) is 58.0. The summed E-state index contributed by atoms with van der Waals surface area (Å²) in [5.74, 6) is -1.68. The Morgan fingerprint density at radius 3 is 2.42 bits per heavy atom. The highest BCUT2D eigenvalue weighted by Crippen LogP contribution is 2.26. The van der Waals surface area contributed by atoms with Crippen molar-refractivity contribution < 1.29 is 23.2 Å². The van der Waals surface area contributed by atoms with Crippen LogP contribution >= 0.6 is 11.6 Å². The van der Waals surface area contributed by atoms with Gasteiger partial charge in [-0.3, -0.25) is 19.2 Å². The molecule has 2 saturated heterocycles. The van der Waals surface area contributed by atoms with Crippen LogP contribution in [-0.2, 0) is 22.6 Å². The maximum Gasteiger partial charge on any atom is 0.287 e. The van der Waals surface area contributed by atoms with Gasteiger partial charge in [0, 0.05) is 68.9 Å². The predicted octanol–water partition coefficient (Wildman–Crippen LogP) is 4.40. The molecule has 2 fully saturated rings. The van der Waals surface area contributed by atoms with Crippen LogP contribution in [-0.4, -0.2) is 66.3 Å². The van der Waals surface area contributed by atoms with E-state index in [0.29, 0.717) is 44.2 Å². The van der Waals surface area contributed by atoms with Crippen LogP contribution in [0.4, 0.5) is 10.1 Å². The molecule has 2 aliphatic heterocycles. The minimum absolute atomic E-state index is 0.0202.